The number of rotatable bonds is 9. The highest BCUT2D eigenvalue weighted by Crippen LogP contribution is 2.25. The van der Waals surface area contributed by atoms with E-state index in [0.717, 1.165) is 22.0 Å². The molecule has 0 aliphatic carbocycles. The lowest BCUT2D eigenvalue weighted by molar-refractivity contribution is -0.135. The van der Waals surface area contributed by atoms with Gasteiger partial charge in [0.2, 0.25) is 5.91 Å². The summed E-state index contributed by atoms with van der Waals surface area (Å²) in [6.07, 6.45) is 0. The summed E-state index contributed by atoms with van der Waals surface area (Å²) in [5.41, 5.74) is 4.46. The Bertz CT molecular complexity index is 771. The van der Waals surface area contributed by atoms with Crippen LogP contribution in [0.5, 0.6) is 5.75 Å². The Hall–Kier alpha value is -1.92. The summed E-state index contributed by atoms with van der Waals surface area (Å²) in [7, 11) is 1.64. The van der Waals surface area contributed by atoms with Gasteiger partial charge in [-0.25, -0.2) is 4.98 Å². The largest absolute Gasteiger partial charge is 0.486 e. The third-order valence-electron chi connectivity index (χ3n) is 4.44. The first kappa shape index (κ1) is 21.4. The Morgan fingerprint density at radius 2 is 2.00 bits per heavy atom. The van der Waals surface area contributed by atoms with Crippen LogP contribution in [0.1, 0.15) is 41.2 Å². The van der Waals surface area contributed by atoms with Crippen molar-refractivity contribution in [1.29, 1.82) is 0 Å². The van der Waals surface area contributed by atoms with Crippen LogP contribution < -0.4 is 4.74 Å². The van der Waals surface area contributed by atoms with Crippen molar-refractivity contribution >= 4 is 17.2 Å². The van der Waals surface area contributed by atoms with Gasteiger partial charge in [0, 0.05) is 25.0 Å². The predicted molar refractivity (Wildman–Crippen MR) is 109 cm³/mol. The summed E-state index contributed by atoms with van der Waals surface area (Å²) in [5.74, 6) is 0.973. The lowest BCUT2D eigenvalue weighted by atomic mass is 10.1. The van der Waals surface area contributed by atoms with E-state index in [1.807, 2.05) is 24.1 Å². The molecular weight excluding hydrogens is 360 g/mol. The van der Waals surface area contributed by atoms with E-state index in [2.05, 4.69) is 37.9 Å². The molecule has 6 heteroatoms. The van der Waals surface area contributed by atoms with Gasteiger partial charge in [-0.2, -0.15) is 0 Å². The molecule has 0 spiro atoms. The molecule has 0 aliphatic heterocycles. The minimum absolute atomic E-state index is 0.0455. The molecule has 5 nitrogen and oxygen atoms in total. The second-order valence-electron chi connectivity index (χ2n) is 7.13. The third kappa shape index (κ3) is 6.04. The average molecular weight is 391 g/mol. The van der Waals surface area contributed by atoms with E-state index in [1.165, 1.54) is 11.1 Å². The summed E-state index contributed by atoms with van der Waals surface area (Å²) in [6.45, 7) is 12.1. The standard InChI is InChI=1S/C21H30N2O3S/c1-14(2)21(24)23(7-8-25-6)11-18-13-27-20(22-18)12-26-19-10-15(3)9-16(4)17(19)5/h9-10,13-14H,7-8,11-12H2,1-6H3. The predicted octanol–water partition coefficient (Wildman–Crippen LogP) is 4.28. The van der Waals surface area contributed by atoms with Crippen molar-refractivity contribution in [1.82, 2.24) is 9.88 Å². The number of benzene rings is 1. The first-order valence-electron chi connectivity index (χ1n) is 9.23. The maximum atomic E-state index is 12.4. The summed E-state index contributed by atoms with van der Waals surface area (Å²) < 4.78 is 11.1. The Balaban J connectivity index is 2.02. The van der Waals surface area contributed by atoms with Gasteiger partial charge in [0.1, 0.15) is 17.4 Å². The smallest absolute Gasteiger partial charge is 0.225 e. The minimum atomic E-state index is -0.0455. The van der Waals surface area contributed by atoms with Crippen LogP contribution in [-0.4, -0.2) is 36.1 Å². The van der Waals surface area contributed by atoms with Gasteiger partial charge < -0.3 is 14.4 Å². The quantitative estimate of drug-likeness (QED) is 0.641. The maximum absolute atomic E-state index is 12.4. The Labute approximate surface area is 166 Å². The number of hydrogen-bond donors (Lipinski definition) is 0. The number of nitrogens with zero attached hydrogens (tertiary/aromatic N) is 2. The summed E-state index contributed by atoms with van der Waals surface area (Å²) in [4.78, 5) is 18.8. The summed E-state index contributed by atoms with van der Waals surface area (Å²) in [6, 6.07) is 4.22. The topological polar surface area (TPSA) is 51.7 Å². The van der Waals surface area contributed by atoms with Crippen LogP contribution in [-0.2, 0) is 22.7 Å². The lowest BCUT2D eigenvalue weighted by Crippen LogP contribution is -2.36. The first-order valence-corrected chi connectivity index (χ1v) is 10.1. The molecular formula is C21H30N2O3S. The molecule has 0 bridgehead atoms. The van der Waals surface area contributed by atoms with Crippen molar-refractivity contribution in [3.8, 4) is 5.75 Å². The monoisotopic (exact) mass is 390 g/mol. The number of methoxy groups -OCH3 is 1. The Kier molecular flexibility index (Phi) is 7.80. The fraction of sp³-hybridized carbons (Fsp3) is 0.524. The van der Waals surface area contributed by atoms with E-state index >= 15 is 0 Å². The number of amides is 1. The third-order valence-corrected chi connectivity index (χ3v) is 5.31. The van der Waals surface area contributed by atoms with Gasteiger partial charge in [-0.3, -0.25) is 4.79 Å². The molecule has 1 aromatic heterocycles. The van der Waals surface area contributed by atoms with Gasteiger partial charge >= 0.3 is 0 Å². The van der Waals surface area contributed by atoms with Crippen LogP contribution in [0.25, 0.3) is 0 Å². The van der Waals surface area contributed by atoms with Crippen LogP contribution in [0.2, 0.25) is 0 Å². The second-order valence-corrected chi connectivity index (χ2v) is 8.08. The number of aryl methyl sites for hydroxylation is 2. The average Bonchev–Trinajstić information content (AvgIpc) is 3.07. The Morgan fingerprint density at radius 1 is 1.26 bits per heavy atom. The van der Waals surface area contributed by atoms with Crippen molar-refractivity contribution in [3.05, 3.63) is 44.9 Å². The molecule has 2 rings (SSSR count). The van der Waals surface area contributed by atoms with Crippen LogP contribution in [0.15, 0.2) is 17.5 Å². The fourth-order valence-corrected chi connectivity index (χ4v) is 3.50. The highest BCUT2D eigenvalue weighted by molar-refractivity contribution is 7.09. The van der Waals surface area contributed by atoms with Crippen molar-refractivity contribution in [2.75, 3.05) is 20.3 Å². The highest BCUT2D eigenvalue weighted by atomic mass is 32.1. The van der Waals surface area contributed by atoms with Crippen LogP contribution in [0.3, 0.4) is 0 Å². The molecule has 0 fully saturated rings. The van der Waals surface area contributed by atoms with Crippen LogP contribution in [0, 0.1) is 26.7 Å². The number of ether oxygens (including phenoxy) is 2. The molecule has 0 aliphatic rings. The van der Waals surface area contributed by atoms with Gasteiger partial charge in [0.05, 0.1) is 18.8 Å². The van der Waals surface area contributed by atoms with Crippen LogP contribution in [0.4, 0.5) is 0 Å². The summed E-state index contributed by atoms with van der Waals surface area (Å²) in [5, 5.41) is 2.91. The van der Waals surface area contributed by atoms with Crippen molar-refractivity contribution < 1.29 is 14.3 Å². The number of thiazole rings is 1. The van der Waals surface area contributed by atoms with E-state index in [1.54, 1.807) is 18.4 Å². The van der Waals surface area contributed by atoms with E-state index in [0.29, 0.717) is 26.3 Å². The molecule has 0 atom stereocenters. The molecule has 1 aromatic carbocycles. The molecule has 0 saturated heterocycles. The SMILES string of the molecule is COCCN(Cc1csc(COc2cc(C)cc(C)c2C)n1)C(=O)C(C)C. The normalized spacial score (nSPS) is 11.1. The minimum Gasteiger partial charge on any atom is -0.486 e. The van der Waals surface area contributed by atoms with E-state index in [4.69, 9.17) is 9.47 Å². The molecule has 0 unspecified atom stereocenters. The second kappa shape index (κ2) is 9.85. The van der Waals surface area contributed by atoms with Crippen LogP contribution >= 0.6 is 11.3 Å². The highest BCUT2D eigenvalue weighted by Gasteiger charge is 2.18. The zero-order valence-electron chi connectivity index (χ0n) is 17.2. The molecule has 0 N–H and O–H groups in total. The van der Waals surface area contributed by atoms with E-state index < -0.39 is 0 Å². The van der Waals surface area contributed by atoms with Gasteiger partial charge in [0.15, 0.2) is 0 Å². The molecule has 0 saturated carbocycles. The molecule has 148 valence electrons. The van der Waals surface area contributed by atoms with E-state index in [9.17, 15) is 4.79 Å². The van der Waals surface area contributed by atoms with Crippen molar-refractivity contribution in [3.63, 3.8) is 0 Å². The molecule has 27 heavy (non-hydrogen) atoms. The zero-order chi connectivity index (χ0) is 20.0. The first-order chi connectivity index (χ1) is 12.8. The van der Waals surface area contributed by atoms with Gasteiger partial charge in [-0.15, -0.1) is 11.3 Å². The zero-order valence-corrected chi connectivity index (χ0v) is 18.0. The molecule has 1 amide bonds. The van der Waals surface area contributed by atoms with Crippen molar-refractivity contribution in [2.45, 2.75) is 47.8 Å². The Morgan fingerprint density at radius 3 is 2.67 bits per heavy atom. The number of hydrogen-bond acceptors (Lipinski definition) is 5. The molecule has 1 heterocycles. The maximum Gasteiger partial charge on any atom is 0.225 e. The van der Waals surface area contributed by atoms with Gasteiger partial charge in [0.25, 0.3) is 0 Å². The van der Waals surface area contributed by atoms with Gasteiger partial charge in [-0.1, -0.05) is 19.9 Å². The van der Waals surface area contributed by atoms with Gasteiger partial charge in [-0.05, 0) is 43.5 Å². The van der Waals surface area contributed by atoms with E-state index in [-0.39, 0.29) is 11.8 Å². The number of carbonyl (C=O) groups is 1. The lowest BCUT2D eigenvalue weighted by Gasteiger charge is -2.23. The molecule has 2 aromatic rings. The number of carbonyl (C=O) groups excluding carboxylic acids is 1. The fourth-order valence-electron chi connectivity index (χ4n) is 2.81. The summed E-state index contributed by atoms with van der Waals surface area (Å²) >= 11 is 1.56. The number of aromatic nitrogens is 1. The molecule has 0 radical (unpaired) electrons. The van der Waals surface area contributed by atoms with Crippen molar-refractivity contribution in [2.24, 2.45) is 5.92 Å².